The van der Waals surface area contributed by atoms with E-state index in [1.165, 1.54) is 0 Å². The molecule has 0 radical (unpaired) electrons. The first-order valence-corrected chi connectivity index (χ1v) is 7.92. The molecule has 0 aliphatic rings. The lowest BCUT2D eigenvalue weighted by Gasteiger charge is -2.10. The van der Waals surface area contributed by atoms with Gasteiger partial charge >= 0.3 is 0 Å². The number of anilines is 2. The third-order valence-electron chi connectivity index (χ3n) is 3.98. The molecule has 0 bridgehead atoms. The number of hydrogen-bond acceptors (Lipinski definition) is 4. The summed E-state index contributed by atoms with van der Waals surface area (Å²) >= 11 is 0. The van der Waals surface area contributed by atoms with Gasteiger partial charge in [-0.3, -0.25) is 9.59 Å². The number of allylic oxidation sites excluding steroid dienone is 2. The van der Waals surface area contributed by atoms with Crippen LogP contribution in [0.15, 0.2) is 70.3 Å². The zero-order chi connectivity index (χ0) is 17.8. The first-order chi connectivity index (χ1) is 12.1. The molecule has 124 valence electrons. The summed E-state index contributed by atoms with van der Waals surface area (Å²) in [6.07, 6.45) is 7.86. The molecule has 0 aromatic heterocycles. The van der Waals surface area contributed by atoms with Crippen LogP contribution in [0.25, 0.3) is 23.3 Å². The van der Waals surface area contributed by atoms with Gasteiger partial charge in [0.05, 0.1) is 11.3 Å². The summed E-state index contributed by atoms with van der Waals surface area (Å²) in [7, 11) is 1.64. The third-order valence-corrected chi connectivity index (χ3v) is 3.98. The Labute approximate surface area is 145 Å². The second-order valence-corrected chi connectivity index (χ2v) is 5.67. The second kappa shape index (κ2) is 7.01. The highest BCUT2D eigenvalue weighted by Gasteiger charge is 2.20. The topological polar surface area (TPSA) is 72.2 Å². The largest absolute Gasteiger partial charge is 0.399 e. The van der Waals surface area contributed by atoms with Crippen molar-refractivity contribution in [1.82, 2.24) is 0 Å². The number of hydrogen-bond donors (Lipinski definition) is 2. The van der Waals surface area contributed by atoms with E-state index in [0.717, 1.165) is 22.4 Å². The monoisotopic (exact) mass is 330 g/mol. The Morgan fingerprint density at radius 2 is 1.32 bits per heavy atom. The molecular formula is C21H18N2O2. The van der Waals surface area contributed by atoms with Crippen molar-refractivity contribution in [2.75, 3.05) is 18.1 Å². The van der Waals surface area contributed by atoms with E-state index in [1.54, 1.807) is 7.05 Å². The van der Waals surface area contributed by atoms with Gasteiger partial charge in [-0.15, -0.1) is 0 Å². The predicted octanol–water partition coefficient (Wildman–Crippen LogP) is 3.30. The molecule has 0 atom stereocenters. The van der Waals surface area contributed by atoms with Crippen LogP contribution in [0.2, 0.25) is 0 Å². The summed E-state index contributed by atoms with van der Waals surface area (Å²) in [5.41, 5.74) is 9.21. The lowest BCUT2D eigenvalue weighted by molar-refractivity contribution is 1.35. The average Bonchev–Trinajstić information content (AvgIpc) is 2.64. The Bertz CT molecular complexity index is 1000. The van der Waals surface area contributed by atoms with Gasteiger partial charge in [-0.1, -0.05) is 60.7 Å². The fourth-order valence-electron chi connectivity index (χ4n) is 2.61. The standard InChI is InChI=1S/C21H18N2O2/c1-23-19-18(20(24)21(19)25)16-10-6-14(7-11-16)4-2-3-5-15-8-12-17(22)13-9-15/h2-13,23H,22H2,1H3/b4-2+,5-3+. The van der Waals surface area contributed by atoms with Gasteiger partial charge in [-0.25, -0.2) is 0 Å². The summed E-state index contributed by atoms with van der Waals surface area (Å²) in [4.78, 5) is 23.2. The van der Waals surface area contributed by atoms with Crippen molar-refractivity contribution in [2.24, 2.45) is 0 Å². The van der Waals surface area contributed by atoms with Gasteiger partial charge < -0.3 is 11.1 Å². The molecule has 4 heteroatoms. The predicted molar refractivity (Wildman–Crippen MR) is 105 cm³/mol. The molecule has 25 heavy (non-hydrogen) atoms. The third kappa shape index (κ3) is 3.43. The fraction of sp³-hybridized carbons (Fsp3) is 0.0476. The highest BCUT2D eigenvalue weighted by molar-refractivity contribution is 5.82. The summed E-state index contributed by atoms with van der Waals surface area (Å²) in [5.74, 6) is 0. The molecule has 0 saturated heterocycles. The van der Waals surface area contributed by atoms with E-state index in [9.17, 15) is 9.59 Å². The van der Waals surface area contributed by atoms with E-state index >= 15 is 0 Å². The van der Waals surface area contributed by atoms with Crippen molar-refractivity contribution in [3.05, 3.63) is 92.3 Å². The van der Waals surface area contributed by atoms with Gasteiger partial charge in [0.1, 0.15) is 0 Å². The van der Waals surface area contributed by atoms with Crippen molar-refractivity contribution in [1.29, 1.82) is 0 Å². The van der Waals surface area contributed by atoms with Gasteiger partial charge in [-0.05, 0) is 28.8 Å². The number of nitrogens with one attached hydrogen (secondary N) is 1. The number of rotatable bonds is 5. The Kier molecular flexibility index (Phi) is 4.61. The van der Waals surface area contributed by atoms with Gasteiger partial charge in [0, 0.05) is 12.7 Å². The van der Waals surface area contributed by atoms with Crippen LogP contribution < -0.4 is 21.9 Å². The van der Waals surface area contributed by atoms with Crippen LogP contribution in [-0.4, -0.2) is 7.05 Å². The first kappa shape index (κ1) is 16.5. The molecule has 0 aliphatic heterocycles. The minimum atomic E-state index is -0.450. The van der Waals surface area contributed by atoms with Crippen LogP contribution in [0.3, 0.4) is 0 Å². The average molecular weight is 330 g/mol. The van der Waals surface area contributed by atoms with Crippen molar-refractivity contribution < 1.29 is 0 Å². The minimum absolute atomic E-state index is 0.389. The van der Waals surface area contributed by atoms with E-state index in [0.29, 0.717) is 11.3 Å². The Balaban J connectivity index is 1.70. The van der Waals surface area contributed by atoms with E-state index in [-0.39, 0.29) is 0 Å². The van der Waals surface area contributed by atoms with Crippen molar-refractivity contribution in [3.63, 3.8) is 0 Å². The van der Waals surface area contributed by atoms with Crippen LogP contribution in [0.5, 0.6) is 0 Å². The van der Waals surface area contributed by atoms with Crippen molar-refractivity contribution in [2.45, 2.75) is 0 Å². The molecule has 0 saturated carbocycles. The molecule has 3 N–H and O–H groups in total. The van der Waals surface area contributed by atoms with E-state index in [2.05, 4.69) is 5.32 Å². The summed E-state index contributed by atoms with van der Waals surface area (Å²) in [6.45, 7) is 0. The normalized spacial score (nSPS) is 11.6. The number of benzene rings is 2. The van der Waals surface area contributed by atoms with Gasteiger partial charge in [-0.2, -0.15) is 0 Å². The Morgan fingerprint density at radius 3 is 1.84 bits per heavy atom. The lowest BCUT2D eigenvalue weighted by atomic mass is 9.97. The molecule has 0 unspecified atom stereocenters. The Hall–Kier alpha value is -3.40. The number of nitrogen functional groups attached to an aromatic ring is 1. The van der Waals surface area contributed by atoms with Crippen LogP contribution in [0.1, 0.15) is 11.1 Å². The summed E-state index contributed by atoms with van der Waals surface area (Å²) in [6, 6.07) is 15.2. The lowest BCUT2D eigenvalue weighted by Crippen LogP contribution is -2.35. The maximum Gasteiger partial charge on any atom is 0.250 e. The highest BCUT2D eigenvalue weighted by Crippen LogP contribution is 2.23. The van der Waals surface area contributed by atoms with Crippen molar-refractivity contribution in [3.8, 4) is 11.1 Å². The molecule has 3 rings (SSSR count). The molecule has 0 heterocycles. The molecule has 0 fully saturated rings. The zero-order valence-electron chi connectivity index (χ0n) is 13.8. The first-order valence-electron chi connectivity index (χ1n) is 7.92. The minimum Gasteiger partial charge on any atom is -0.399 e. The van der Waals surface area contributed by atoms with Gasteiger partial charge in [0.25, 0.3) is 0 Å². The quantitative estimate of drug-likeness (QED) is 0.428. The van der Waals surface area contributed by atoms with Crippen LogP contribution >= 0.6 is 0 Å². The molecule has 0 aliphatic carbocycles. The smallest absolute Gasteiger partial charge is 0.250 e. The number of nitrogens with two attached hydrogens (primary N) is 1. The van der Waals surface area contributed by atoms with Gasteiger partial charge in [0.2, 0.25) is 10.9 Å². The SMILES string of the molecule is CNc1c(-c2ccc(/C=C/C=C/c3ccc(N)cc3)cc2)c(=O)c1=O. The zero-order valence-corrected chi connectivity index (χ0v) is 13.8. The Morgan fingerprint density at radius 1 is 0.800 bits per heavy atom. The van der Waals surface area contributed by atoms with Crippen LogP contribution in [0.4, 0.5) is 11.4 Å². The van der Waals surface area contributed by atoms with E-state index in [4.69, 9.17) is 5.73 Å². The van der Waals surface area contributed by atoms with Crippen molar-refractivity contribution >= 4 is 23.5 Å². The fourth-order valence-corrected chi connectivity index (χ4v) is 2.61. The maximum absolute atomic E-state index is 11.7. The molecule has 3 aromatic rings. The van der Waals surface area contributed by atoms with E-state index in [1.807, 2.05) is 72.8 Å². The van der Waals surface area contributed by atoms with Gasteiger partial charge in [0.15, 0.2) is 0 Å². The van der Waals surface area contributed by atoms with Crippen LogP contribution in [0, 0.1) is 0 Å². The molecule has 0 amide bonds. The summed E-state index contributed by atoms with van der Waals surface area (Å²) < 4.78 is 0. The second-order valence-electron chi connectivity index (χ2n) is 5.67. The molecular weight excluding hydrogens is 312 g/mol. The summed E-state index contributed by atoms with van der Waals surface area (Å²) in [5, 5.41) is 2.78. The maximum atomic E-state index is 11.7. The van der Waals surface area contributed by atoms with E-state index < -0.39 is 10.9 Å². The highest BCUT2D eigenvalue weighted by atomic mass is 16.2. The molecule has 0 spiro atoms. The molecule has 4 nitrogen and oxygen atoms in total. The molecule has 3 aromatic carbocycles. The van der Waals surface area contributed by atoms with Crippen LogP contribution in [-0.2, 0) is 0 Å².